The van der Waals surface area contributed by atoms with Gasteiger partial charge in [0.05, 0.1) is 0 Å². The van der Waals surface area contributed by atoms with E-state index in [1.165, 1.54) is 6.08 Å². The molecule has 0 fully saturated rings. The lowest BCUT2D eigenvalue weighted by Gasteiger charge is -2.03. The molecule has 2 heteroatoms. The van der Waals surface area contributed by atoms with Gasteiger partial charge in [-0.25, -0.2) is 4.39 Å². The van der Waals surface area contributed by atoms with Gasteiger partial charge in [-0.05, 0) is 18.4 Å². The molecule has 0 bridgehead atoms. The van der Waals surface area contributed by atoms with Crippen LogP contribution in [0.1, 0.15) is 0 Å². The zero-order valence-corrected chi connectivity index (χ0v) is 3.76. The van der Waals surface area contributed by atoms with Crippen molar-refractivity contribution in [1.82, 2.24) is 5.32 Å². The molecule has 0 saturated heterocycles. The third kappa shape index (κ3) is 1.03. The lowest BCUT2D eigenvalue weighted by Crippen LogP contribution is -2.17. The molecular weight excluding hydrogens is 93.1 g/mol. The van der Waals surface area contributed by atoms with Gasteiger partial charge in [0.15, 0.2) is 6.30 Å². The highest BCUT2D eigenvalue weighted by Crippen LogP contribution is 1.92. The second kappa shape index (κ2) is 1.78. The zero-order valence-electron chi connectivity index (χ0n) is 3.76. The number of alkyl halides is 1. The summed E-state index contributed by atoms with van der Waals surface area (Å²) >= 11 is 0. The van der Waals surface area contributed by atoms with Crippen molar-refractivity contribution < 1.29 is 4.39 Å². The van der Waals surface area contributed by atoms with Gasteiger partial charge < -0.3 is 5.32 Å². The van der Waals surface area contributed by atoms with Crippen LogP contribution in [0.25, 0.3) is 0 Å². The highest BCUT2D eigenvalue weighted by molar-refractivity contribution is 5.09. The van der Waals surface area contributed by atoms with Crippen LogP contribution in [0.2, 0.25) is 0 Å². The van der Waals surface area contributed by atoms with E-state index in [0.29, 0.717) is 0 Å². The fourth-order valence-corrected chi connectivity index (χ4v) is 0.420. The van der Waals surface area contributed by atoms with Crippen molar-refractivity contribution in [2.24, 2.45) is 0 Å². The van der Waals surface area contributed by atoms with Crippen LogP contribution in [0.3, 0.4) is 0 Å². The van der Waals surface area contributed by atoms with Gasteiger partial charge in [-0.3, -0.25) is 0 Å². The Morgan fingerprint density at radius 1 is 1.43 bits per heavy atom. The Morgan fingerprint density at radius 2 is 2.29 bits per heavy atom. The average Bonchev–Trinajstić information content (AvgIpc) is 1.69. The van der Waals surface area contributed by atoms with E-state index in [4.69, 9.17) is 0 Å². The first-order valence-electron chi connectivity index (χ1n) is 2.13. The van der Waals surface area contributed by atoms with Crippen LogP contribution < -0.4 is 5.32 Å². The van der Waals surface area contributed by atoms with Crippen LogP contribution in [-0.4, -0.2) is 6.30 Å². The van der Waals surface area contributed by atoms with Crippen molar-refractivity contribution in [2.75, 3.05) is 0 Å². The van der Waals surface area contributed by atoms with E-state index in [1.807, 2.05) is 0 Å². The van der Waals surface area contributed by atoms with Crippen molar-refractivity contribution in [3.8, 4) is 0 Å². The number of hydrogen-bond donors (Lipinski definition) is 1. The molecule has 1 aliphatic rings. The maximum atomic E-state index is 11.9. The number of rotatable bonds is 0. The minimum atomic E-state index is -0.981. The van der Waals surface area contributed by atoms with Crippen LogP contribution in [0.5, 0.6) is 0 Å². The van der Waals surface area contributed by atoms with Gasteiger partial charge in [0.25, 0.3) is 0 Å². The predicted octanol–water partition coefficient (Wildman–Crippen LogP) is 0.955. The predicted molar refractivity (Wildman–Crippen MR) is 26.3 cm³/mol. The Bertz CT molecular complexity index is 107. The van der Waals surface area contributed by atoms with Gasteiger partial charge in [-0.15, -0.1) is 0 Å². The summed E-state index contributed by atoms with van der Waals surface area (Å²) in [6.45, 7) is 0. The van der Waals surface area contributed by atoms with E-state index in [9.17, 15) is 4.39 Å². The van der Waals surface area contributed by atoms with Gasteiger partial charge >= 0.3 is 0 Å². The quantitative estimate of drug-likeness (QED) is 0.446. The first-order chi connectivity index (χ1) is 3.39. The molecule has 1 unspecified atom stereocenters. The molecule has 0 amide bonds. The first-order valence-corrected chi connectivity index (χ1v) is 2.13. The Morgan fingerprint density at radius 3 is 2.57 bits per heavy atom. The van der Waals surface area contributed by atoms with E-state index >= 15 is 0 Å². The highest BCUT2D eigenvalue weighted by atomic mass is 19.1. The molecule has 1 atom stereocenters. The molecule has 0 aliphatic carbocycles. The second-order valence-corrected chi connectivity index (χ2v) is 1.31. The fraction of sp³-hybridized carbons (Fsp3) is 0.200. The van der Waals surface area contributed by atoms with E-state index in [2.05, 4.69) is 5.32 Å². The Labute approximate surface area is 41.5 Å². The largest absolute Gasteiger partial charge is 0.359 e. The standard InChI is InChI=1S/C5H6FN/c6-5-3-1-2-4-7-5/h1-5,7H. The summed E-state index contributed by atoms with van der Waals surface area (Å²) in [6.07, 6.45) is 5.45. The van der Waals surface area contributed by atoms with Gasteiger partial charge in [-0.1, -0.05) is 6.08 Å². The molecule has 1 nitrogen and oxygen atoms in total. The van der Waals surface area contributed by atoms with Crippen LogP contribution in [0, 0.1) is 0 Å². The third-order valence-electron chi connectivity index (χ3n) is 0.743. The third-order valence-corrected chi connectivity index (χ3v) is 0.743. The molecule has 1 aliphatic heterocycles. The summed E-state index contributed by atoms with van der Waals surface area (Å²) in [4.78, 5) is 0. The summed E-state index contributed by atoms with van der Waals surface area (Å²) < 4.78 is 11.9. The normalized spacial score (nSPS) is 27.3. The molecular formula is C5H6FN. The molecule has 38 valence electrons. The topological polar surface area (TPSA) is 12.0 Å². The van der Waals surface area contributed by atoms with Crippen molar-refractivity contribution >= 4 is 0 Å². The van der Waals surface area contributed by atoms with Crippen LogP contribution in [0.15, 0.2) is 24.4 Å². The monoisotopic (exact) mass is 99.0 g/mol. The minimum Gasteiger partial charge on any atom is -0.359 e. The highest BCUT2D eigenvalue weighted by Gasteiger charge is 1.95. The van der Waals surface area contributed by atoms with E-state index in [1.54, 1.807) is 18.4 Å². The maximum Gasteiger partial charge on any atom is 0.188 e. The number of dihydropyridines is 1. The molecule has 0 radical (unpaired) electrons. The number of allylic oxidation sites excluding steroid dienone is 2. The van der Waals surface area contributed by atoms with Crippen LogP contribution >= 0.6 is 0 Å². The average molecular weight is 99.1 g/mol. The van der Waals surface area contributed by atoms with Crippen molar-refractivity contribution in [1.29, 1.82) is 0 Å². The number of halogens is 1. The summed E-state index contributed by atoms with van der Waals surface area (Å²) in [7, 11) is 0. The van der Waals surface area contributed by atoms with Crippen molar-refractivity contribution in [2.45, 2.75) is 6.30 Å². The van der Waals surface area contributed by atoms with E-state index < -0.39 is 6.30 Å². The molecule has 0 spiro atoms. The number of nitrogens with one attached hydrogen (secondary N) is 1. The Kier molecular flexibility index (Phi) is 1.11. The molecule has 0 saturated carbocycles. The number of hydrogen-bond acceptors (Lipinski definition) is 1. The van der Waals surface area contributed by atoms with Gasteiger partial charge in [-0.2, -0.15) is 0 Å². The van der Waals surface area contributed by atoms with Crippen LogP contribution in [-0.2, 0) is 0 Å². The Balaban J connectivity index is 2.49. The van der Waals surface area contributed by atoms with Gasteiger partial charge in [0.1, 0.15) is 0 Å². The summed E-state index contributed by atoms with van der Waals surface area (Å²) in [5.74, 6) is 0. The Hall–Kier alpha value is -0.790. The van der Waals surface area contributed by atoms with Crippen molar-refractivity contribution in [3.05, 3.63) is 24.4 Å². The summed E-state index contributed by atoms with van der Waals surface area (Å²) in [5, 5.41) is 2.45. The summed E-state index contributed by atoms with van der Waals surface area (Å²) in [5.41, 5.74) is 0. The lowest BCUT2D eigenvalue weighted by molar-refractivity contribution is 0.364. The van der Waals surface area contributed by atoms with Gasteiger partial charge in [0.2, 0.25) is 0 Å². The minimum absolute atomic E-state index is 0.981. The SMILES string of the molecule is FC1C=CC=CN1. The van der Waals surface area contributed by atoms with Gasteiger partial charge in [0, 0.05) is 0 Å². The van der Waals surface area contributed by atoms with E-state index in [-0.39, 0.29) is 0 Å². The molecule has 0 aromatic rings. The van der Waals surface area contributed by atoms with Crippen LogP contribution in [0.4, 0.5) is 4.39 Å². The molecule has 1 heterocycles. The van der Waals surface area contributed by atoms with E-state index in [0.717, 1.165) is 0 Å². The maximum absolute atomic E-state index is 11.9. The zero-order chi connectivity index (χ0) is 5.11. The first kappa shape index (κ1) is 4.37. The second-order valence-electron chi connectivity index (χ2n) is 1.31. The molecule has 7 heavy (non-hydrogen) atoms. The molecule has 1 N–H and O–H groups in total. The smallest absolute Gasteiger partial charge is 0.188 e. The molecule has 0 aromatic carbocycles. The fourth-order valence-electron chi connectivity index (χ4n) is 0.420. The van der Waals surface area contributed by atoms with Crippen molar-refractivity contribution in [3.63, 3.8) is 0 Å². The molecule has 0 aromatic heterocycles. The summed E-state index contributed by atoms with van der Waals surface area (Å²) in [6, 6.07) is 0. The molecule has 1 rings (SSSR count). The lowest BCUT2D eigenvalue weighted by atomic mass is 10.4.